The second kappa shape index (κ2) is 11.5. The Morgan fingerprint density at radius 2 is 1.85 bits per heavy atom. The standard InChI is InChI=1S/C32H33FN4O3/c33-27-19-26-28(20-29(27)34-12-16-36-13-5-2-6-14-36)35-31-24(11-15-37(31)32(26)39)17-23-9-10-25(18-30(23)38)40-21-22-7-3-1-4-8-22/h1,3-4,7-10,17-20,34,38H,2,5-6,11-16,21H2/b24-17+. The number of ether oxygens (including phenoxy) is 1. The monoisotopic (exact) mass is 540 g/mol. The molecular formula is C32H33FN4O3. The molecule has 2 aliphatic rings. The first kappa shape index (κ1) is 26.1. The molecule has 0 atom stereocenters. The van der Waals surface area contributed by atoms with Crippen LogP contribution in [-0.2, 0) is 13.2 Å². The predicted molar refractivity (Wildman–Crippen MR) is 156 cm³/mol. The highest BCUT2D eigenvalue weighted by molar-refractivity contribution is 5.87. The number of aromatic nitrogens is 2. The average Bonchev–Trinajstić information content (AvgIpc) is 3.38. The molecule has 1 aromatic heterocycles. The number of hydrogen-bond acceptors (Lipinski definition) is 6. The van der Waals surface area contributed by atoms with E-state index in [1.807, 2.05) is 42.5 Å². The summed E-state index contributed by atoms with van der Waals surface area (Å²) in [5.74, 6) is 0.756. The van der Waals surface area contributed by atoms with Crippen LogP contribution in [0.1, 0.15) is 42.6 Å². The Labute approximate surface area is 232 Å². The van der Waals surface area contributed by atoms with Gasteiger partial charge in [-0.05, 0) is 73.8 Å². The first-order valence-corrected chi connectivity index (χ1v) is 14.0. The summed E-state index contributed by atoms with van der Waals surface area (Å²) in [7, 11) is 0. The van der Waals surface area contributed by atoms with E-state index in [4.69, 9.17) is 9.72 Å². The molecule has 0 saturated carbocycles. The Bertz CT molecular complexity index is 1610. The van der Waals surface area contributed by atoms with E-state index in [0.717, 1.165) is 30.8 Å². The van der Waals surface area contributed by atoms with Crippen LogP contribution < -0.4 is 15.6 Å². The van der Waals surface area contributed by atoms with Crippen molar-refractivity contribution < 1.29 is 14.2 Å². The molecule has 0 aliphatic carbocycles. The van der Waals surface area contributed by atoms with Crippen LogP contribution in [0.25, 0.3) is 22.6 Å². The van der Waals surface area contributed by atoms with Crippen LogP contribution in [0.5, 0.6) is 11.5 Å². The number of rotatable bonds is 8. The summed E-state index contributed by atoms with van der Waals surface area (Å²) in [6.07, 6.45) is 6.15. The van der Waals surface area contributed by atoms with Gasteiger partial charge >= 0.3 is 0 Å². The molecule has 1 fully saturated rings. The van der Waals surface area contributed by atoms with Gasteiger partial charge in [-0.3, -0.25) is 9.36 Å². The van der Waals surface area contributed by atoms with Crippen LogP contribution in [0.4, 0.5) is 10.1 Å². The lowest BCUT2D eigenvalue weighted by atomic mass is 10.1. The van der Waals surface area contributed by atoms with Crippen molar-refractivity contribution >= 4 is 28.2 Å². The van der Waals surface area contributed by atoms with Crippen molar-refractivity contribution in [2.45, 2.75) is 38.8 Å². The summed E-state index contributed by atoms with van der Waals surface area (Å²) in [6, 6.07) is 18.0. The highest BCUT2D eigenvalue weighted by atomic mass is 19.1. The number of phenolic OH excluding ortho intramolecular Hbond substituents is 1. The second-order valence-electron chi connectivity index (χ2n) is 10.5. The van der Waals surface area contributed by atoms with Gasteiger partial charge in [0.2, 0.25) is 0 Å². The molecule has 2 aliphatic heterocycles. The minimum atomic E-state index is -0.446. The molecule has 0 radical (unpaired) electrons. The van der Waals surface area contributed by atoms with Crippen LogP contribution in [0.3, 0.4) is 0 Å². The molecular weight excluding hydrogens is 507 g/mol. The largest absolute Gasteiger partial charge is 0.507 e. The van der Waals surface area contributed by atoms with E-state index in [-0.39, 0.29) is 16.7 Å². The van der Waals surface area contributed by atoms with Gasteiger partial charge in [-0.15, -0.1) is 0 Å². The number of anilines is 1. The summed E-state index contributed by atoms with van der Waals surface area (Å²) in [5, 5.41) is 14.2. The molecule has 0 amide bonds. The molecule has 0 spiro atoms. The molecule has 3 heterocycles. The van der Waals surface area contributed by atoms with E-state index in [0.29, 0.717) is 54.5 Å². The summed E-state index contributed by atoms with van der Waals surface area (Å²) >= 11 is 0. The minimum Gasteiger partial charge on any atom is -0.507 e. The number of halogens is 1. The van der Waals surface area contributed by atoms with E-state index >= 15 is 0 Å². The number of phenols is 1. The van der Waals surface area contributed by atoms with Gasteiger partial charge in [-0.25, -0.2) is 9.37 Å². The number of nitrogens with zero attached hydrogens (tertiary/aromatic N) is 3. The summed E-state index contributed by atoms with van der Waals surface area (Å²) < 4.78 is 22.3. The third kappa shape index (κ3) is 5.58. The number of allylic oxidation sites excluding steroid dienone is 1. The van der Waals surface area contributed by atoms with E-state index in [2.05, 4.69) is 10.2 Å². The third-order valence-corrected chi connectivity index (χ3v) is 7.71. The fourth-order valence-electron chi connectivity index (χ4n) is 5.51. The van der Waals surface area contributed by atoms with Crippen molar-refractivity contribution in [1.29, 1.82) is 0 Å². The number of nitrogens with one attached hydrogen (secondary N) is 1. The minimum absolute atomic E-state index is 0.0851. The van der Waals surface area contributed by atoms with Crippen molar-refractivity contribution in [3.8, 4) is 11.5 Å². The highest BCUT2D eigenvalue weighted by Crippen LogP contribution is 2.32. The Hall–Kier alpha value is -4.17. The van der Waals surface area contributed by atoms with Gasteiger partial charge in [-0.2, -0.15) is 0 Å². The molecule has 8 heteroatoms. The maximum Gasteiger partial charge on any atom is 0.261 e. The van der Waals surface area contributed by atoms with Crippen LogP contribution in [0.2, 0.25) is 0 Å². The number of piperidine rings is 1. The Morgan fingerprint density at radius 1 is 1.02 bits per heavy atom. The van der Waals surface area contributed by atoms with Crippen molar-refractivity contribution in [2.75, 3.05) is 31.5 Å². The zero-order valence-corrected chi connectivity index (χ0v) is 22.4. The molecule has 7 nitrogen and oxygen atoms in total. The molecule has 6 rings (SSSR count). The normalized spacial score (nSPS) is 16.4. The lowest BCUT2D eigenvalue weighted by molar-refractivity contribution is 0.237. The molecule has 206 valence electrons. The lowest BCUT2D eigenvalue weighted by Gasteiger charge is -2.26. The maximum absolute atomic E-state index is 14.9. The molecule has 3 aromatic carbocycles. The van der Waals surface area contributed by atoms with Gasteiger partial charge in [0.15, 0.2) is 0 Å². The number of hydrogen-bond donors (Lipinski definition) is 2. The summed E-state index contributed by atoms with van der Waals surface area (Å²) in [5.41, 5.74) is 3.06. The van der Waals surface area contributed by atoms with E-state index < -0.39 is 5.82 Å². The van der Waals surface area contributed by atoms with Gasteiger partial charge in [0, 0.05) is 31.3 Å². The average molecular weight is 541 g/mol. The van der Waals surface area contributed by atoms with Gasteiger partial charge in [-0.1, -0.05) is 36.8 Å². The SMILES string of the molecule is O=c1c2cc(F)c(NCCN3CCCCC3)cc2nc2n1CC/C2=C\c1ccc(OCc2ccccc2)cc1O. The van der Waals surface area contributed by atoms with E-state index in [1.165, 1.54) is 25.3 Å². The second-order valence-corrected chi connectivity index (χ2v) is 10.5. The molecule has 0 bridgehead atoms. The number of aromatic hydroxyl groups is 1. The fourth-order valence-corrected chi connectivity index (χ4v) is 5.51. The quantitative estimate of drug-likeness (QED) is 0.300. The van der Waals surface area contributed by atoms with Crippen molar-refractivity contribution in [3.63, 3.8) is 0 Å². The zero-order valence-electron chi connectivity index (χ0n) is 22.4. The molecule has 2 N–H and O–H groups in total. The maximum atomic E-state index is 14.9. The van der Waals surface area contributed by atoms with Gasteiger partial charge in [0.1, 0.15) is 29.7 Å². The van der Waals surface area contributed by atoms with Gasteiger partial charge in [0.25, 0.3) is 5.56 Å². The van der Waals surface area contributed by atoms with Gasteiger partial charge in [0.05, 0.1) is 16.6 Å². The Morgan fingerprint density at radius 3 is 2.65 bits per heavy atom. The van der Waals surface area contributed by atoms with Crippen molar-refractivity contribution in [3.05, 3.63) is 93.8 Å². The summed E-state index contributed by atoms with van der Waals surface area (Å²) in [4.78, 5) is 20.4. The zero-order chi connectivity index (χ0) is 27.5. The topological polar surface area (TPSA) is 79.6 Å². The van der Waals surface area contributed by atoms with Gasteiger partial charge < -0.3 is 20.1 Å². The van der Waals surface area contributed by atoms with E-state index in [1.54, 1.807) is 22.8 Å². The van der Waals surface area contributed by atoms with Crippen molar-refractivity contribution in [2.24, 2.45) is 0 Å². The molecule has 0 unspecified atom stereocenters. The molecule has 1 saturated heterocycles. The summed E-state index contributed by atoms with van der Waals surface area (Å²) in [6.45, 7) is 4.51. The number of benzene rings is 3. The fraction of sp³-hybridized carbons (Fsp3) is 0.312. The van der Waals surface area contributed by atoms with E-state index in [9.17, 15) is 14.3 Å². The van der Waals surface area contributed by atoms with Crippen LogP contribution in [0.15, 0.2) is 65.5 Å². The Balaban J connectivity index is 1.22. The molecule has 4 aromatic rings. The predicted octanol–water partition coefficient (Wildman–Crippen LogP) is 5.66. The lowest BCUT2D eigenvalue weighted by Crippen LogP contribution is -2.33. The third-order valence-electron chi connectivity index (χ3n) is 7.71. The molecule has 40 heavy (non-hydrogen) atoms. The first-order valence-electron chi connectivity index (χ1n) is 14.0. The highest BCUT2D eigenvalue weighted by Gasteiger charge is 2.22. The van der Waals surface area contributed by atoms with Crippen LogP contribution in [0, 0.1) is 5.82 Å². The Kier molecular flexibility index (Phi) is 7.51. The number of fused-ring (bicyclic) bond motifs is 2. The van der Waals surface area contributed by atoms with Crippen molar-refractivity contribution in [1.82, 2.24) is 14.5 Å². The smallest absolute Gasteiger partial charge is 0.261 e. The van der Waals surface area contributed by atoms with Crippen LogP contribution >= 0.6 is 0 Å². The first-order chi connectivity index (χ1) is 19.5. The number of likely N-dealkylation sites (tertiary alicyclic amines) is 1. The van der Waals surface area contributed by atoms with Crippen LogP contribution in [-0.4, -0.2) is 45.7 Å².